The lowest BCUT2D eigenvalue weighted by Gasteiger charge is -2.67. The third-order valence-corrected chi connectivity index (χ3v) is 12.4. The van der Waals surface area contributed by atoms with Gasteiger partial charge in [-0.2, -0.15) is 0 Å². The summed E-state index contributed by atoms with van der Waals surface area (Å²) in [4.78, 5) is 38.9. The standard InChI is InChI=1S/C37H45F3O8/c1-20(2)21(3)17-30(43)48-28-19-27-33(5)13-12-25(47-29(42)10-8-23-7-9-26(38)32(40)31(23)39)18-24(33)11-14-36(27,45)37(46)16-15-35(44,22(4)41)34(28,37)6/h7-11,17,20,25,27-28,44-46H,12-16,18-19H2,1-6H3/b10-8+,21-17+/t25-,27?,28+,33-,34+,35+,36-,37+/m0/s1. The van der Waals surface area contributed by atoms with Crippen LogP contribution in [0.2, 0.25) is 0 Å². The molecule has 1 aromatic rings. The third kappa shape index (κ3) is 5.28. The Bertz CT molecular complexity index is 1620. The van der Waals surface area contributed by atoms with Crippen LogP contribution >= 0.6 is 0 Å². The molecule has 4 aliphatic rings. The molecule has 262 valence electrons. The second kappa shape index (κ2) is 12.2. The maximum Gasteiger partial charge on any atom is 0.331 e. The second-order valence-electron chi connectivity index (χ2n) is 14.9. The molecule has 3 N–H and O–H groups in total. The third-order valence-electron chi connectivity index (χ3n) is 12.4. The topological polar surface area (TPSA) is 130 Å². The molecular formula is C37H45F3O8. The minimum absolute atomic E-state index is 0.00827. The van der Waals surface area contributed by atoms with E-state index in [9.17, 15) is 42.9 Å². The molecule has 0 spiro atoms. The fourth-order valence-corrected chi connectivity index (χ4v) is 9.01. The number of benzene rings is 1. The summed E-state index contributed by atoms with van der Waals surface area (Å²) in [7, 11) is 0. The van der Waals surface area contributed by atoms with Crippen molar-refractivity contribution in [1.82, 2.24) is 0 Å². The number of Topliss-reactive ketones (excluding diaryl/α,β-unsaturated/α-hetero) is 1. The Morgan fingerprint density at radius 3 is 2.29 bits per heavy atom. The van der Waals surface area contributed by atoms with Gasteiger partial charge < -0.3 is 24.8 Å². The number of rotatable bonds is 7. The molecule has 0 aromatic heterocycles. The Morgan fingerprint density at radius 1 is 0.958 bits per heavy atom. The van der Waals surface area contributed by atoms with Crippen LogP contribution in [-0.2, 0) is 23.9 Å². The molecule has 3 fully saturated rings. The van der Waals surface area contributed by atoms with Crippen molar-refractivity contribution in [3.8, 4) is 0 Å². The minimum atomic E-state index is -2.06. The molecule has 5 rings (SSSR count). The summed E-state index contributed by atoms with van der Waals surface area (Å²) in [5.74, 6) is -7.04. The van der Waals surface area contributed by atoms with Crippen molar-refractivity contribution in [1.29, 1.82) is 0 Å². The number of allylic oxidation sites excluding steroid dienone is 1. The second-order valence-corrected chi connectivity index (χ2v) is 14.9. The predicted molar refractivity (Wildman–Crippen MR) is 169 cm³/mol. The molecule has 3 saturated carbocycles. The average Bonchev–Trinajstić information content (AvgIpc) is 3.25. The van der Waals surface area contributed by atoms with Crippen molar-refractivity contribution in [2.75, 3.05) is 0 Å². The number of hydrogen-bond donors (Lipinski definition) is 3. The van der Waals surface area contributed by atoms with Gasteiger partial charge >= 0.3 is 11.9 Å². The van der Waals surface area contributed by atoms with E-state index < -0.39 is 80.9 Å². The average molecular weight is 675 g/mol. The number of esters is 2. The maximum atomic E-state index is 14.0. The zero-order chi connectivity index (χ0) is 35.6. The number of ketones is 1. The summed E-state index contributed by atoms with van der Waals surface area (Å²) < 4.78 is 52.6. The highest BCUT2D eigenvalue weighted by molar-refractivity contribution is 5.88. The first-order valence-electron chi connectivity index (χ1n) is 16.5. The van der Waals surface area contributed by atoms with Crippen molar-refractivity contribution >= 4 is 23.8 Å². The molecule has 0 bridgehead atoms. The van der Waals surface area contributed by atoms with E-state index in [0.29, 0.717) is 19.3 Å². The number of ether oxygens (including phenoxy) is 2. The quantitative estimate of drug-likeness (QED) is 0.146. The summed E-state index contributed by atoms with van der Waals surface area (Å²) in [6.45, 7) is 10.4. The van der Waals surface area contributed by atoms with Crippen LogP contribution < -0.4 is 0 Å². The van der Waals surface area contributed by atoms with E-state index in [4.69, 9.17) is 9.47 Å². The minimum Gasteiger partial charge on any atom is -0.459 e. The van der Waals surface area contributed by atoms with Crippen LogP contribution in [0, 0.1) is 40.1 Å². The van der Waals surface area contributed by atoms with Gasteiger partial charge in [0.05, 0.1) is 5.41 Å². The van der Waals surface area contributed by atoms with Crippen LogP contribution in [0.1, 0.15) is 92.1 Å². The maximum absolute atomic E-state index is 14.0. The van der Waals surface area contributed by atoms with Crippen LogP contribution in [-0.4, -0.2) is 62.1 Å². The summed E-state index contributed by atoms with van der Waals surface area (Å²) in [6.07, 6.45) is 4.39. The number of halogens is 3. The van der Waals surface area contributed by atoms with Crippen molar-refractivity contribution in [2.45, 2.75) is 115 Å². The van der Waals surface area contributed by atoms with E-state index in [1.54, 1.807) is 6.92 Å². The molecule has 0 saturated heterocycles. The van der Waals surface area contributed by atoms with E-state index in [1.165, 1.54) is 19.9 Å². The van der Waals surface area contributed by atoms with Gasteiger partial charge in [-0.15, -0.1) is 0 Å². The largest absolute Gasteiger partial charge is 0.459 e. The zero-order valence-electron chi connectivity index (χ0n) is 28.2. The van der Waals surface area contributed by atoms with Crippen LogP contribution in [0.15, 0.2) is 41.5 Å². The molecule has 8 nitrogen and oxygen atoms in total. The molecular weight excluding hydrogens is 629 g/mol. The van der Waals surface area contributed by atoms with Gasteiger partial charge in [0, 0.05) is 30.1 Å². The Kier molecular flexibility index (Phi) is 9.19. The monoisotopic (exact) mass is 674 g/mol. The van der Waals surface area contributed by atoms with Gasteiger partial charge in [-0.05, 0) is 88.8 Å². The van der Waals surface area contributed by atoms with Gasteiger partial charge in [0.2, 0.25) is 0 Å². The molecule has 11 heteroatoms. The highest BCUT2D eigenvalue weighted by atomic mass is 19.2. The first-order chi connectivity index (χ1) is 22.2. The first kappa shape index (κ1) is 36.0. The molecule has 1 aromatic carbocycles. The van der Waals surface area contributed by atoms with Crippen molar-refractivity contribution in [3.05, 3.63) is 64.5 Å². The number of carbonyl (C=O) groups is 3. The van der Waals surface area contributed by atoms with Crippen molar-refractivity contribution in [2.24, 2.45) is 22.7 Å². The van der Waals surface area contributed by atoms with Crippen LogP contribution in [0.25, 0.3) is 6.08 Å². The van der Waals surface area contributed by atoms with E-state index in [0.717, 1.165) is 35.4 Å². The number of fused-ring (bicyclic) bond motifs is 5. The van der Waals surface area contributed by atoms with E-state index in [2.05, 4.69) is 0 Å². The molecule has 0 amide bonds. The molecule has 1 unspecified atom stereocenters. The molecule has 0 radical (unpaired) electrons. The van der Waals surface area contributed by atoms with Gasteiger partial charge in [0.1, 0.15) is 29.0 Å². The predicted octanol–water partition coefficient (Wildman–Crippen LogP) is 5.67. The highest BCUT2D eigenvalue weighted by Gasteiger charge is 2.81. The SMILES string of the molecule is CC(=O)[C@]1(O)CC[C@@]2(O)[C@]1(C)[C@H](OC(=O)/C=C(\C)C(C)C)CC1[C@@]3(C)CC[C@H](OC(=O)/C=C/c4ccc(F)c(F)c4F)CC3=CC[C@]12O. The molecule has 48 heavy (non-hydrogen) atoms. The number of carbonyl (C=O) groups excluding carboxylic acids is 3. The van der Waals surface area contributed by atoms with E-state index in [1.807, 2.05) is 26.8 Å². The molecule has 0 heterocycles. The Hall–Kier alpha value is -3.28. The van der Waals surface area contributed by atoms with E-state index in [-0.39, 0.29) is 37.2 Å². The fourth-order valence-electron chi connectivity index (χ4n) is 9.01. The van der Waals surface area contributed by atoms with Crippen molar-refractivity contribution in [3.63, 3.8) is 0 Å². The summed E-state index contributed by atoms with van der Waals surface area (Å²) >= 11 is 0. The summed E-state index contributed by atoms with van der Waals surface area (Å²) in [5.41, 5.74) is -6.96. The highest BCUT2D eigenvalue weighted by Crippen LogP contribution is 2.71. The van der Waals surface area contributed by atoms with Crippen LogP contribution in [0.3, 0.4) is 0 Å². The van der Waals surface area contributed by atoms with Gasteiger partial charge in [0.15, 0.2) is 23.2 Å². The lowest BCUT2D eigenvalue weighted by Crippen LogP contribution is -2.78. The van der Waals surface area contributed by atoms with Crippen LogP contribution in [0.5, 0.6) is 0 Å². The Labute approximate surface area is 278 Å². The van der Waals surface area contributed by atoms with Gasteiger partial charge in [-0.3, -0.25) is 4.79 Å². The summed E-state index contributed by atoms with van der Waals surface area (Å²) in [5, 5.41) is 37.0. The van der Waals surface area contributed by atoms with Crippen LogP contribution in [0.4, 0.5) is 13.2 Å². The van der Waals surface area contributed by atoms with Crippen molar-refractivity contribution < 1.29 is 52.3 Å². The van der Waals surface area contributed by atoms with E-state index >= 15 is 0 Å². The smallest absolute Gasteiger partial charge is 0.331 e. The fraction of sp³-hybridized carbons (Fsp3) is 0.595. The zero-order valence-corrected chi connectivity index (χ0v) is 28.2. The lowest BCUT2D eigenvalue weighted by atomic mass is 9.42. The normalized spacial score (nSPS) is 37.8. The Balaban J connectivity index is 1.43. The molecule has 8 atom stereocenters. The summed E-state index contributed by atoms with van der Waals surface area (Å²) in [6, 6.07) is 1.77. The number of hydrogen-bond acceptors (Lipinski definition) is 8. The molecule has 4 aliphatic carbocycles. The number of aliphatic hydroxyl groups is 3. The van der Waals surface area contributed by atoms with Gasteiger partial charge in [-0.25, -0.2) is 22.8 Å². The van der Waals surface area contributed by atoms with Gasteiger partial charge in [-0.1, -0.05) is 38.0 Å². The Morgan fingerprint density at radius 2 is 1.65 bits per heavy atom. The van der Waals surface area contributed by atoms with Gasteiger partial charge in [0.25, 0.3) is 0 Å². The first-order valence-corrected chi connectivity index (χ1v) is 16.5. The molecule has 0 aliphatic heterocycles. The lowest BCUT2D eigenvalue weighted by molar-refractivity contribution is -0.314.